The number of aryl methyl sites for hydroxylation is 1. The molecule has 0 spiro atoms. The van der Waals surface area contributed by atoms with Crippen molar-refractivity contribution in [3.63, 3.8) is 0 Å². The lowest BCUT2D eigenvalue weighted by molar-refractivity contribution is 0.360. The van der Waals surface area contributed by atoms with Crippen LogP contribution < -0.4 is 0 Å². The van der Waals surface area contributed by atoms with Gasteiger partial charge in [-0.1, -0.05) is 19.9 Å². The quantitative estimate of drug-likeness (QED) is 0.743. The van der Waals surface area contributed by atoms with Crippen molar-refractivity contribution in [1.29, 1.82) is 0 Å². The summed E-state index contributed by atoms with van der Waals surface area (Å²) in [6.07, 6.45) is 1.94. The van der Waals surface area contributed by atoms with Crippen LogP contribution in [0.1, 0.15) is 43.4 Å². The number of halogens is 1. The fourth-order valence-electron chi connectivity index (χ4n) is 2.54. The van der Waals surface area contributed by atoms with Crippen LogP contribution in [0.4, 0.5) is 0 Å². The highest BCUT2D eigenvalue weighted by Gasteiger charge is 2.39. The normalized spacial score (nSPS) is 16.0. The van der Waals surface area contributed by atoms with E-state index in [1.165, 1.54) is 0 Å². The van der Waals surface area contributed by atoms with Gasteiger partial charge < -0.3 is 0 Å². The van der Waals surface area contributed by atoms with Gasteiger partial charge in [0.15, 0.2) is 0 Å². The van der Waals surface area contributed by atoms with E-state index in [1.807, 2.05) is 19.9 Å². The topological polar surface area (TPSA) is 37.4 Å². The monoisotopic (exact) mass is 329 g/mol. The van der Waals surface area contributed by atoms with Gasteiger partial charge in [0.1, 0.15) is 0 Å². The lowest BCUT2D eigenvalue weighted by Gasteiger charge is -2.25. The molecule has 1 fully saturated rings. The third-order valence-electron chi connectivity index (χ3n) is 3.92. The lowest BCUT2D eigenvalue weighted by atomic mass is 10.1. The van der Waals surface area contributed by atoms with Gasteiger partial charge in [0.25, 0.3) is 0 Å². The SMILES string of the molecule is Cc1cc(CCl)cc(S(=O)(=O)N(CC(C)C)C2CC2)c1C. The van der Waals surface area contributed by atoms with E-state index < -0.39 is 10.0 Å². The van der Waals surface area contributed by atoms with Crippen molar-refractivity contribution >= 4 is 21.6 Å². The predicted molar refractivity (Wildman–Crippen MR) is 87.2 cm³/mol. The first-order chi connectivity index (χ1) is 9.77. The lowest BCUT2D eigenvalue weighted by Crippen LogP contribution is -2.36. The minimum absolute atomic E-state index is 0.178. The summed E-state index contributed by atoms with van der Waals surface area (Å²) in [6.45, 7) is 8.50. The van der Waals surface area contributed by atoms with Crippen LogP contribution in [-0.2, 0) is 15.9 Å². The van der Waals surface area contributed by atoms with Gasteiger partial charge in [-0.3, -0.25) is 0 Å². The zero-order chi connectivity index (χ0) is 15.8. The summed E-state index contributed by atoms with van der Waals surface area (Å²) >= 11 is 5.90. The Balaban J connectivity index is 2.49. The second kappa shape index (κ2) is 6.27. The molecule has 0 unspecified atom stereocenters. The molecule has 0 atom stereocenters. The van der Waals surface area contributed by atoms with Crippen molar-refractivity contribution in [3.8, 4) is 0 Å². The number of benzene rings is 1. The molecule has 0 N–H and O–H groups in total. The summed E-state index contributed by atoms with van der Waals surface area (Å²) in [5.41, 5.74) is 2.67. The summed E-state index contributed by atoms with van der Waals surface area (Å²) in [5, 5.41) is 0. The Morgan fingerprint density at radius 2 is 1.90 bits per heavy atom. The average molecular weight is 330 g/mol. The predicted octanol–water partition coefficient (Wildman–Crippen LogP) is 3.85. The molecule has 1 aliphatic carbocycles. The minimum Gasteiger partial charge on any atom is -0.207 e. The van der Waals surface area contributed by atoms with Gasteiger partial charge in [0.2, 0.25) is 10.0 Å². The van der Waals surface area contributed by atoms with Crippen molar-refractivity contribution in [3.05, 3.63) is 28.8 Å². The van der Waals surface area contributed by atoms with E-state index in [0.717, 1.165) is 29.5 Å². The molecule has 2 rings (SSSR count). The molecule has 1 aliphatic rings. The number of nitrogens with zero attached hydrogens (tertiary/aromatic N) is 1. The van der Waals surface area contributed by atoms with Gasteiger partial charge in [0.05, 0.1) is 4.90 Å². The zero-order valence-electron chi connectivity index (χ0n) is 13.2. The summed E-state index contributed by atoms with van der Waals surface area (Å²) in [6, 6.07) is 3.88. The first-order valence-corrected chi connectivity index (χ1v) is 9.42. The van der Waals surface area contributed by atoms with Crippen LogP contribution in [0, 0.1) is 19.8 Å². The van der Waals surface area contributed by atoms with Crippen LogP contribution in [0.3, 0.4) is 0 Å². The third kappa shape index (κ3) is 3.61. The Morgan fingerprint density at radius 1 is 1.29 bits per heavy atom. The number of sulfonamides is 1. The molecule has 1 aromatic rings. The molecular weight excluding hydrogens is 306 g/mol. The summed E-state index contributed by atoms with van der Waals surface area (Å²) in [5.74, 6) is 0.648. The molecule has 5 heteroatoms. The van der Waals surface area contributed by atoms with Gasteiger partial charge >= 0.3 is 0 Å². The Labute approximate surface area is 133 Å². The smallest absolute Gasteiger partial charge is 0.207 e. The molecule has 21 heavy (non-hydrogen) atoms. The minimum atomic E-state index is -3.44. The molecule has 0 bridgehead atoms. The molecule has 1 aromatic carbocycles. The van der Waals surface area contributed by atoms with Crippen LogP contribution in [0.25, 0.3) is 0 Å². The zero-order valence-corrected chi connectivity index (χ0v) is 14.8. The van der Waals surface area contributed by atoms with E-state index >= 15 is 0 Å². The van der Waals surface area contributed by atoms with Gasteiger partial charge in [-0.15, -0.1) is 11.6 Å². The van der Waals surface area contributed by atoms with E-state index in [2.05, 4.69) is 13.8 Å². The third-order valence-corrected chi connectivity index (χ3v) is 6.27. The molecule has 0 amide bonds. The largest absolute Gasteiger partial charge is 0.243 e. The van der Waals surface area contributed by atoms with Crippen molar-refractivity contribution in [1.82, 2.24) is 4.31 Å². The van der Waals surface area contributed by atoms with Crippen molar-refractivity contribution in [2.24, 2.45) is 5.92 Å². The molecule has 0 aromatic heterocycles. The Bertz CT molecular complexity index is 621. The van der Waals surface area contributed by atoms with Gasteiger partial charge in [-0.25, -0.2) is 8.42 Å². The maximum atomic E-state index is 13.1. The molecule has 1 saturated carbocycles. The highest BCUT2D eigenvalue weighted by molar-refractivity contribution is 7.89. The van der Waals surface area contributed by atoms with E-state index in [4.69, 9.17) is 11.6 Å². The van der Waals surface area contributed by atoms with E-state index in [9.17, 15) is 8.42 Å². The molecule has 0 aliphatic heterocycles. The van der Waals surface area contributed by atoms with Gasteiger partial charge in [-0.05, 0) is 55.4 Å². The van der Waals surface area contributed by atoms with Gasteiger partial charge in [0, 0.05) is 18.5 Å². The molecule has 0 radical (unpaired) electrons. The standard InChI is InChI=1S/C16H24ClNO2S/c1-11(2)10-18(15-5-6-15)21(19,20)16-8-14(9-17)7-12(3)13(16)4/h7-8,11,15H,5-6,9-10H2,1-4H3. The molecule has 0 saturated heterocycles. The van der Waals surface area contributed by atoms with Crippen molar-refractivity contribution in [2.75, 3.05) is 6.54 Å². The van der Waals surface area contributed by atoms with Gasteiger partial charge in [-0.2, -0.15) is 4.31 Å². The first kappa shape index (κ1) is 16.8. The molecule has 118 valence electrons. The van der Waals surface area contributed by atoms with Crippen LogP contribution in [0.5, 0.6) is 0 Å². The Morgan fingerprint density at radius 3 is 2.38 bits per heavy atom. The van der Waals surface area contributed by atoms with E-state index in [1.54, 1.807) is 10.4 Å². The summed E-state index contributed by atoms with van der Waals surface area (Å²) in [4.78, 5) is 0.422. The fourth-order valence-corrected chi connectivity index (χ4v) is 4.89. The van der Waals surface area contributed by atoms with Crippen LogP contribution >= 0.6 is 11.6 Å². The highest BCUT2D eigenvalue weighted by atomic mass is 35.5. The first-order valence-electron chi connectivity index (χ1n) is 7.45. The van der Waals surface area contributed by atoms with Crippen LogP contribution in [0.15, 0.2) is 17.0 Å². The fraction of sp³-hybridized carbons (Fsp3) is 0.625. The summed E-state index contributed by atoms with van der Waals surface area (Å²) < 4.78 is 27.8. The van der Waals surface area contributed by atoms with Crippen molar-refractivity contribution in [2.45, 2.75) is 57.4 Å². The Kier molecular flexibility index (Phi) is 5.01. The Hall–Kier alpha value is -0.580. The molecule has 3 nitrogen and oxygen atoms in total. The maximum absolute atomic E-state index is 13.1. The number of hydrogen-bond acceptors (Lipinski definition) is 2. The maximum Gasteiger partial charge on any atom is 0.243 e. The number of hydrogen-bond donors (Lipinski definition) is 0. The highest BCUT2D eigenvalue weighted by Crippen LogP contribution is 2.34. The second-order valence-corrected chi connectivity index (χ2v) is 8.50. The molecule has 0 heterocycles. The van der Waals surface area contributed by atoms with E-state index in [-0.39, 0.29) is 6.04 Å². The molecular formula is C16H24ClNO2S. The summed E-state index contributed by atoms with van der Waals surface area (Å²) in [7, 11) is -3.44. The van der Waals surface area contributed by atoms with Crippen molar-refractivity contribution < 1.29 is 8.42 Å². The number of rotatable bonds is 6. The van der Waals surface area contributed by atoms with Crippen LogP contribution in [0.2, 0.25) is 0 Å². The van der Waals surface area contributed by atoms with Crippen LogP contribution in [-0.4, -0.2) is 25.3 Å². The second-order valence-electron chi connectivity index (χ2n) is 6.37. The average Bonchev–Trinajstić information content (AvgIpc) is 3.22. The number of alkyl halides is 1. The van der Waals surface area contributed by atoms with E-state index in [0.29, 0.717) is 23.2 Å².